The van der Waals surface area contributed by atoms with Gasteiger partial charge < -0.3 is 9.42 Å². The van der Waals surface area contributed by atoms with Crippen molar-refractivity contribution in [1.82, 2.24) is 14.7 Å². The molecule has 2 heterocycles. The molecule has 0 saturated heterocycles. The number of carbonyl (C=O) groups excluding carboxylic acids is 1. The molecule has 0 N–H and O–H groups in total. The average molecular weight is 437 g/mol. The molecule has 0 unspecified atom stereocenters. The predicted molar refractivity (Wildman–Crippen MR) is 120 cm³/mol. The lowest BCUT2D eigenvalue weighted by atomic mass is 10.1. The van der Waals surface area contributed by atoms with Crippen molar-refractivity contribution in [3.05, 3.63) is 75.8 Å². The number of carbonyl (C=O) groups is 1. The molecule has 0 saturated carbocycles. The van der Waals surface area contributed by atoms with Gasteiger partial charge in [0.1, 0.15) is 24.0 Å². The van der Waals surface area contributed by atoms with Gasteiger partial charge in [-0.25, -0.2) is 4.98 Å². The summed E-state index contributed by atoms with van der Waals surface area (Å²) in [5, 5.41) is 4.81. The van der Waals surface area contributed by atoms with Crippen molar-refractivity contribution >= 4 is 34.3 Å². The second kappa shape index (κ2) is 8.73. The molecule has 0 radical (unpaired) electrons. The number of hydrogen-bond acceptors (Lipinski definition) is 5. The molecule has 158 valence electrons. The van der Waals surface area contributed by atoms with Crippen LogP contribution in [0.1, 0.15) is 19.4 Å². The lowest BCUT2D eigenvalue weighted by Gasteiger charge is -2.21. The molecule has 4 rings (SSSR count). The molecular formula is C23H21ClN4O3. The summed E-state index contributed by atoms with van der Waals surface area (Å²) in [7, 11) is 0. The van der Waals surface area contributed by atoms with Crippen LogP contribution in [0.2, 0.25) is 5.02 Å². The van der Waals surface area contributed by atoms with Crippen molar-refractivity contribution in [1.29, 1.82) is 0 Å². The van der Waals surface area contributed by atoms with E-state index in [9.17, 15) is 9.59 Å². The van der Waals surface area contributed by atoms with Crippen molar-refractivity contribution < 1.29 is 9.32 Å². The molecule has 2 aromatic carbocycles. The van der Waals surface area contributed by atoms with E-state index in [1.807, 2.05) is 31.2 Å². The number of aromatic nitrogens is 3. The van der Waals surface area contributed by atoms with Crippen LogP contribution in [0.25, 0.3) is 22.4 Å². The minimum Gasteiger partial charge on any atom is -0.335 e. The fraction of sp³-hybridized carbons (Fsp3) is 0.217. The van der Waals surface area contributed by atoms with Crippen LogP contribution < -0.4 is 10.5 Å². The molecule has 0 aliphatic carbocycles. The normalized spacial score (nSPS) is 11.1. The third-order valence-electron chi connectivity index (χ3n) is 5.16. The van der Waals surface area contributed by atoms with E-state index < -0.39 is 0 Å². The summed E-state index contributed by atoms with van der Waals surface area (Å²) in [6.07, 6.45) is 2.24. The Hall–Kier alpha value is -3.45. The number of hydrogen-bond donors (Lipinski definition) is 0. The maximum atomic E-state index is 13.1. The van der Waals surface area contributed by atoms with E-state index in [0.29, 0.717) is 22.8 Å². The van der Waals surface area contributed by atoms with Crippen molar-refractivity contribution in [2.45, 2.75) is 26.8 Å². The van der Waals surface area contributed by atoms with Gasteiger partial charge in [0.05, 0.1) is 0 Å². The van der Waals surface area contributed by atoms with E-state index in [0.717, 1.165) is 12.1 Å². The summed E-state index contributed by atoms with van der Waals surface area (Å²) in [5.74, 6) is -0.209. The minimum absolute atomic E-state index is 0.126. The zero-order chi connectivity index (χ0) is 22.0. The summed E-state index contributed by atoms with van der Waals surface area (Å²) >= 11 is 5.95. The summed E-state index contributed by atoms with van der Waals surface area (Å²) in [6, 6.07) is 14.8. The molecule has 0 spiro atoms. The summed E-state index contributed by atoms with van der Waals surface area (Å²) < 4.78 is 6.51. The third-order valence-corrected chi connectivity index (χ3v) is 5.41. The Kier molecular flexibility index (Phi) is 5.86. The Labute approximate surface area is 183 Å². The highest BCUT2D eigenvalue weighted by atomic mass is 35.5. The maximum Gasteiger partial charge on any atom is 0.267 e. The monoisotopic (exact) mass is 436 g/mol. The number of rotatable bonds is 6. The molecule has 4 aromatic rings. The van der Waals surface area contributed by atoms with Crippen molar-refractivity contribution in [3.8, 4) is 11.3 Å². The Morgan fingerprint density at radius 2 is 1.81 bits per heavy atom. The Bertz CT molecular complexity index is 1280. The fourth-order valence-corrected chi connectivity index (χ4v) is 3.57. The fourth-order valence-electron chi connectivity index (χ4n) is 3.44. The summed E-state index contributed by atoms with van der Waals surface area (Å²) in [4.78, 5) is 32.0. The molecule has 1 amide bonds. The first-order valence-electron chi connectivity index (χ1n) is 10.0. The molecule has 31 heavy (non-hydrogen) atoms. The number of anilines is 1. The smallest absolute Gasteiger partial charge is 0.267 e. The Morgan fingerprint density at radius 3 is 2.45 bits per heavy atom. The van der Waals surface area contributed by atoms with Gasteiger partial charge in [0.25, 0.3) is 11.3 Å². The molecule has 2 aromatic heterocycles. The molecule has 8 heteroatoms. The molecule has 0 aliphatic heterocycles. The van der Waals surface area contributed by atoms with Crippen molar-refractivity contribution in [3.63, 3.8) is 0 Å². The van der Waals surface area contributed by atoms with Crippen LogP contribution >= 0.6 is 11.6 Å². The quantitative estimate of drug-likeness (QED) is 0.449. The number of aryl methyl sites for hydroxylation is 1. The van der Waals surface area contributed by atoms with E-state index in [1.165, 1.54) is 16.5 Å². The highest BCUT2D eigenvalue weighted by Crippen LogP contribution is 2.25. The Morgan fingerprint density at radius 1 is 1.10 bits per heavy atom. The number of likely N-dealkylation sites (N-methyl/N-ethyl adjacent to an activating group) is 1. The SMILES string of the molecule is CCc1ccc(N(CC)C(=O)Cn2cnc3onc(-c4ccc(Cl)cc4)c3c2=O)cc1. The van der Waals surface area contributed by atoms with Crippen LogP contribution in [0.3, 0.4) is 0 Å². The molecule has 0 bridgehead atoms. The highest BCUT2D eigenvalue weighted by Gasteiger charge is 2.20. The topological polar surface area (TPSA) is 81.2 Å². The van der Waals surface area contributed by atoms with Crippen LogP contribution in [-0.2, 0) is 17.8 Å². The first kappa shape index (κ1) is 20.8. The number of nitrogens with zero attached hydrogens (tertiary/aromatic N) is 4. The Balaban J connectivity index is 1.67. The molecule has 7 nitrogen and oxygen atoms in total. The third kappa shape index (κ3) is 4.09. The van der Waals surface area contributed by atoms with Crippen molar-refractivity contribution in [2.24, 2.45) is 0 Å². The largest absolute Gasteiger partial charge is 0.335 e. The van der Waals surface area contributed by atoms with E-state index in [2.05, 4.69) is 17.1 Å². The summed E-state index contributed by atoms with van der Waals surface area (Å²) in [6.45, 7) is 4.32. The van der Waals surface area contributed by atoms with Gasteiger partial charge in [-0.1, -0.05) is 47.9 Å². The molecular weight excluding hydrogens is 416 g/mol. The minimum atomic E-state index is -0.387. The van der Waals surface area contributed by atoms with Gasteiger partial charge in [0.15, 0.2) is 0 Å². The molecule has 0 atom stereocenters. The van der Waals surface area contributed by atoms with E-state index >= 15 is 0 Å². The predicted octanol–water partition coefficient (Wildman–Crippen LogP) is 4.32. The van der Waals surface area contributed by atoms with Gasteiger partial charge in [-0.2, -0.15) is 0 Å². The van der Waals surface area contributed by atoms with Crippen molar-refractivity contribution in [2.75, 3.05) is 11.4 Å². The number of amides is 1. The van der Waals surface area contributed by atoms with Gasteiger partial charge in [-0.05, 0) is 43.2 Å². The van der Waals surface area contributed by atoms with Gasteiger partial charge in [-0.15, -0.1) is 0 Å². The van der Waals surface area contributed by atoms with Gasteiger partial charge in [0, 0.05) is 22.8 Å². The lowest BCUT2D eigenvalue weighted by Crippen LogP contribution is -2.36. The van der Waals surface area contributed by atoms with Gasteiger partial charge in [0.2, 0.25) is 5.91 Å². The van der Waals surface area contributed by atoms with Crippen LogP contribution in [0.5, 0.6) is 0 Å². The van der Waals surface area contributed by atoms with Gasteiger partial charge >= 0.3 is 0 Å². The molecule has 0 aliphatic rings. The van der Waals surface area contributed by atoms with Crippen LogP contribution in [-0.4, -0.2) is 27.2 Å². The summed E-state index contributed by atoms with van der Waals surface area (Å²) in [5.41, 5.74) is 2.77. The van der Waals surface area contributed by atoms with Crippen LogP contribution in [0, 0.1) is 0 Å². The molecule has 0 fully saturated rings. The average Bonchev–Trinajstić information content (AvgIpc) is 3.22. The van der Waals surface area contributed by atoms with E-state index in [1.54, 1.807) is 29.2 Å². The van der Waals surface area contributed by atoms with E-state index in [-0.39, 0.29) is 29.1 Å². The number of halogens is 1. The number of fused-ring (bicyclic) bond motifs is 1. The zero-order valence-corrected chi connectivity index (χ0v) is 18.0. The second-order valence-electron chi connectivity index (χ2n) is 7.05. The standard InChI is InChI=1S/C23H21ClN4O3/c1-3-15-5-11-18(12-6-15)28(4-2)19(29)13-27-14-25-22-20(23(27)30)21(26-31-22)16-7-9-17(24)10-8-16/h5-12,14H,3-4,13H2,1-2H3. The second-order valence-corrected chi connectivity index (χ2v) is 7.49. The zero-order valence-electron chi connectivity index (χ0n) is 17.2. The van der Waals surface area contributed by atoms with Gasteiger partial charge in [-0.3, -0.25) is 14.2 Å². The van der Waals surface area contributed by atoms with E-state index in [4.69, 9.17) is 16.1 Å². The maximum absolute atomic E-state index is 13.1. The first-order chi connectivity index (χ1) is 15.0. The number of benzene rings is 2. The highest BCUT2D eigenvalue weighted by molar-refractivity contribution is 6.30. The lowest BCUT2D eigenvalue weighted by molar-refractivity contribution is -0.119. The van der Waals surface area contributed by atoms with Crippen LogP contribution in [0.15, 0.2) is 64.2 Å². The van der Waals surface area contributed by atoms with Crippen LogP contribution in [0.4, 0.5) is 5.69 Å². The first-order valence-corrected chi connectivity index (χ1v) is 10.4.